The van der Waals surface area contributed by atoms with E-state index in [9.17, 15) is 9.59 Å². The molecule has 0 atom stereocenters. The molecule has 7 nitrogen and oxygen atoms in total. The fourth-order valence-corrected chi connectivity index (χ4v) is 2.66. The standard InChI is InChI=1S/C18H17BrN4O3/c1-11(2)17-21-18(26-22-17)12-7-8-16(25)23(9-12)10-15(24)20-14-6-4-3-5-13(14)19/h3-9,11H,10H2,1-2H3,(H,20,24). The van der Waals surface area contributed by atoms with Crippen molar-refractivity contribution in [3.8, 4) is 11.5 Å². The fraction of sp³-hybridized carbons (Fsp3) is 0.222. The lowest BCUT2D eigenvalue weighted by atomic mass is 10.2. The van der Waals surface area contributed by atoms with Gasteiger partial charge in [0.05, 0.1) is 11.3 Å². The number of rotatable bonds is 5. The Hall–Kier alpha value is -2.74. The number of hydrogen-bond donors (Lipinski definition) is 1. The number of carbonyl (C=O) groups excluding carboxylic acids is 1. The summed E-state index contributed by atoms with van der Waals surface area (Å²) in [5.74, 6) is 0.719. The van der Waals surface area contributed by atoms with Gasteiger partial charge in [-0.15, -0.1) is 0 Å². The van der Waals surface area contributed by atoms with E-state index in [1.807, 2.05) is 32.0 Å². The molecule has 0 fully saturated rings. The molecular formula is C18H17BrN4O3. The smallest absolute Gasteiger partial charge is 0.259 e. The zero-order valence-corrected chi connectivity index (χ0v) is 15.9. The van der Waals surface area contributed by atoms with Crippen LogP contribution in [0.1, 0.15) is 25.6 Å². The highest BCUT2D eigenvalue weighted by molar-refractivity contribution is 9.10. The summed E-state index contributed by atoms with van der Waals surface area (Å²) < 4.78 is 7.31. The van der Waals surface area contributed by atoms with E-state index >= 15 is 0 Å². The zero-order chi connectivity index (χ0) is 18.7. The number of benzene rings is 1. The largest absolute Gasteiger partial charge is 0.334 e. The van der Waals surface area contributed by atoms with Crippen molar-refractivity contribution in [2.24, 2.45) is 0 Å². The number of para-hydroxylation sites is 1. The molecule has 3 rings (SSSR count). The number of nitrogens with zero attached hydrogens (tertiary/aromatic N) is 3. The van der Waals surface area contributed by atoms with Crippen molar-refractivity contribution in [3.05, 3.63) is 63.2 Å². The van der Waals surface area contributed by atoms with Crippen LogP contribution in [-0.2, 0) is 11.3 Å². The highest BCUT2D eigenvalue weighted by atomic mass is 79.9. The topological polar surface area (TPSA) is 90.0 Å². The average molecular weight is 417 g/mol. The Bertz CT molecular complexity index is 994. The Morgan fingerprint density at radius 3 is 2.73 bits per heavy atom. The van der Waals surface area contributed by atoms with Crippen molar-refractivity contribution in [1.82, 2.24) is 14.7 Å². The van der Waals surface area contributed by atoms with Gasteiger partial charge in [0.2, 0.25) is 5.91 Å². The third-order valence-electron chi connectivity index (χ3n) is 3.65. The maximum Gasteiger partial charge on any atom is 0.259 e. The van der Waals surface area contributed by atoms with Gasteiger partial charge in [0.15, 0.2) is 5.82 Å². The number of nitrogens with one attached hydrogen (secondary N) is 1. The van der Waals surface area contributed by atoms with Gasteiger partial charge in [-0.25, -0.2) is 0 Å². The van der Waals surface area contributed by atoms with E-state index in [1.165, 1.54) is 10.6 Å². The van der Waals surface area contributed by atoms with Crippen LogP contribution in [0.4, 0.5) is 5.69 Å². The SMILES string of the molecule is CC(C)c1noc(-c2ccc(=O)n(CC(=O)Nc3ccccc3Br)c2)n1. The summed E-state index contributed by atoms with van der Waals surface area (Å²) in [5.41, 5.74) is 0.928. The Balaban J connectivity index is 1.80. The molecule has 2 heterocycles. The highest BCUT2D eigenvalue weighted by Gasteiger charge is 2.14. The third kappa shape index (κ3) is 4.08. The quantitative estimate of drug-likeness (QED) is 0.687. The number of amides is 1. The minimum Gasteiger partial charge on any atom is -0.334 e. The van der Waals surface area contributed by atoms with Gasteiger partial charge in [-0.2, -0.15) is 4.98 Å². The number of pyridine rings is 1. The number of halogens is 1. The Kier molecular flexibility index (Phi) is 5.32. The molecule has 0 spiro atoms. The molecule has 1 N–H and O–H groups in total. The summed E-state index contributed by atoms with van der Waals surface area (Å²) in [6, 6.07) is 10.2. The van der Waals surface area contributed by atoms with Crippen LogP contribution < -0.4 is 10.9 Å². The first-order chi connectivity index (χ1) is 12.4. The number of aromatic nitrogens is 3. The number of carbonyl (C=O) groups is 1. The third-order valence-corrected chi connectivity index (χ3v) is 4.34. The van der Waals surface area contributed by atoms with E-state index in [1.54, 1.807) is 18.3 Å². The molecule has 3 aromatic rings. The van der Waals surface area contributed by atoms with Crippen LogP contribution in [0.15, 0.2) is 56.4 Å². The summed E-state index contributed by atoms with van der Waals surface area (Å²) in [5, 5.41) is 6.68. The molecule has 0 saturated carbocycles. The van der Waals surface area contributed by atoms with Crippen molar-refractivity contribution in [2.45, 2.75) is 26.3 Å². The maximum atomic E-state index is 12.3. The molecule has 0 aliphatic rings. The van der Waals surface area contributed by atoms with Crippen LogP contribution in [-0.4, -0.2) is 20.6 Å². The van der Waals surface area contributed by atoms with Crippen molar-refractivity contribution in [1.29, 1.82) is 0 Å². The van der Waals surface area contributed by atoms with Gasteiger partial charge in [-0.1, -0.05) is 31.1 Å². The van der Waals surface area contributed by atoms with E-state index in [2.05, 4.69) is 31.4 Å². The summed E-state index contributed by atoms with van der Waals surface area (Å²) >= 11 is 3.37. The molecule has 1 aromatic carbocycles. The van der Waals surface area contributed by atoms with Crippen molar-refractivity contribution >= 4 is 27.5 Å². The molecule has 0 saturated heterocycles. The minimum atomic E-state index is -0.315. The van der Waals surface area contributed by atoms with E-state index in [-0.39, 0.29) is 23.9 Å². The van der Waals surface area contributed by atoms with Gasteiger partial charge in [-0.3, -0.25) is 9.59 Å². The summed E-state index contributed by atoms with van der Waals surface area (Å²) in [6.45, 7) is 3.79. The van der Waals surface area contributed by atoms with Gasteiger partial charge in [0.25, 0.3) is 11.4 Å². The Labute approximate surface area is 158 Å². The lowest BCUT2D eigenvalue weighted by Crippen LogP contribution is -2.27. The normalized spacial score (nSPS) is 10.9. The monoisotopic (exact) mass is 416 g/mol. The molecule has 0 bridgehead atoms. The molecular weight excluding hydrogens is 400 g/mol. The summed E-state index contributed by atoms with van der Waals surface area (Å²) in [7, 11) is 0. The lowest BCUT2D eigenvalue weighted by Gasteiger charge is -2.09. The second kappa shape index (κ2) is 7.65. The molecule has 2 aromatic heterocycles. The summed E-state index contributed by atoms with van der Waals surface area (Å²) in [6.07, 6.45) is 1.54. The maximum absolute atomic E-state index is 12.3. The van der Waals surface area contributed by atoms with Gasteiger partial charge >= 0.3 is 0 Å². The average Bonchev–Trinajstić information content (AvgIpc) is 3.09. The number of anilines is 1. The van der Waals surface area contributed by atoms with Crippen LogP contribution in [0.2, 0.25) is 0 Å². The van der Waals surface area contributed by atoms with E-state index in [4.69, 9.17) is 4.52 Å². The van der Waals surface area contributed by atoms with Gasteiger partial charge in [0, 0.05) is 22.7 Å². The molecule has 0 aliphatic heterocycles. The van der Waals surface area contributed by atoms with E-state index in [0.717, 1.165) is 4.47 Å². The van der Waals surface area contributed by atoms with Crippen molar-refractivity contribution in [2.75, 3.05) is 5.32 Å². The number of hydrogen-bond acceptors (Lipinski definition) is 5. The first-order valence-electron chi connectivity index (χ1n) is 8.03. The molecule has 0 aliphatic carbocycles. The molecule has 134 valence electrons. The Morgan fingerprint density at radius 1 is 1.27 bits per heavy atom. The molecule has 26 heavy (non-hydrogen) atoms. The minimum absolute atomic E-state index is 0.126. The highest BCUT2D eigenvalue weighted by Crippen LogP contribution is 2.21. The van der Waals surface area contributed by atoms with Crippen LogP contribution in [0, 0.1) is 0 Å². The van der Waals surface area contributed by atoms with Gasteiger partial charge < -0.3 is 14.4 Å². The second-order valence-corrected chi connectivity index (χ2v) is 6.88. The van der Waals surface area contributed by atoms with Crippen LogP contribution in [0.3, 0.4) is 0 Å². The first-order valence-corrected chi connectivity index (χ1v) is 8.82. The predicted molar refractivity (Wildman–Crippen MR) is 101 cm³/mol. The zero-order valence-electron chi connectivity index (χ0n) is 14.3. The predicted octanol–water partition coefficient (Wildman–Crippen LogP) is 3.42. The molecule has 1 amide bonds. The molecule has 0 unspecified atom stereocenters. The van der Waals surface area contributed by atoms with Crippen molar-refractivity contribution < 1.29 is 9.32 Å². The second-order valence-electron chi connectivity index (χ2n) is 6.02. The van der Waals surface area contributed by atoms with E-state index in [0.29, 0.717) is 23.0 Å². The van der Waals surface area contributed by atoms with E-state index < -0.39 is 0 Å². The first kappa shape index (κ1) is 18.1. The van der Waals surface area contributed by atoms with Crippen molar-refractivity contribution in [3.63, 3.8) is 0 Å². The van der Waals surface area contributed by atoms with Gasteiger partial charge in [0.1, 0.15) is 6.54 Å². The van der Waals surface area contributed by atoms with Gasteiger partial charge in [-0.05, 0) is 34.1 Å². The molecule has 0 radical (unpaired) electrons. The Morgan fingerprint density at radius 2 is 2.04 bits per heavy atom. The lowest BCUT2D eigenvalue weighted by molar-refractivity contribution is -0.116. The summed E-state index contributed by atoms with van der Waals surface area (Å²) in [4.78, 5) is 28.7. The van der Waals surface area contributed by atoms with Crippen LogP contribution in [0.5, 0.6) is 0 Å². The fourth-order valence-electron chi connectivity index (χ4n) is 2.28. The molecule has 8 heteroatoms. The van der Waals surface area contributed by atoms with Crippen LogP contribution >= 0.6 is 15.9 Å². The van der Waals surface area contributed by atoms with Crippen LogP contribution in [0.25, 0.3) is 11.5 Å².